The van der Waals surface area contributed by atoms with Crippen LogP contribution in [0.5, 0.6) is 0 Å². The van der Waals surface area contributed by atoms with E-state index < -0.39 is 0 Å². The number of hydrogen-bond donors (Lipinski definition) is 2. The summed E-state index contributed by atoms with van der Waals surface area (Å²) in [6.07, 6.45) is 1.56. The zero-order valence-electron chi connectivity index (χ0n) is 13.7. The number of benzene rings is 1. The number of hydrazone groups is 1. The van der Waals surface area contributed by atoms with E-state index in [1.807, 2.05) is 24.3 Å². The number of hydrogen-bond acceptors (Lipinski definition) is 5. The molecule has 25 heavy (non-hydrogen) atoms. The molecule has 8 heteroatoms. The summed E-state index contributed by atoms with van der Waals surface area (Å²) in [5.74, 6) is 1.58. The fourth-order valence-corrected chi connectivity index (χ4v) is 2.92. The van der Waals surface area contributed by atoms with E-state index >= 15 is 0 Å². The summed E-state index contributed by atoms with van der Waals surface area (Å²) < 4.78 is 5.75. The minimum Gasteiger partial charge on any atom is -0.459 e. The lowest BCUT2D eigenvalue weighted by atomic mass is 10.2. The van der Waals surface area contributed by atoms with Crippen LogP contribution in [0.4, 0.5) is 5.69 Å². The van der Waals surface area contributed by atoms with Crippen molar-refractivity contribution in [2.45, 2.75) is 6.54 Å². The standard InChI is InChI=1S/C17H20ClN5OS/c18-13-1-3-14(4-2-13)23-9-7-22(8-10-23)12-16-6-5-15(24-16)11-20-21-17(19)25/h1-6,11H,7-10,12H2,(H3,19,21,25). The van der Waals surface area contributed by atoms with Crippen molar-refractivity contribution in [3.8, 4) is 0 Å². The Labute approximate surface area is 157 Å². The fraction of sp³-hybridized carbons (Fsp3) is 0.294. The number of anilines is 1. The van der Waals surface area contributed by atoms with Crippen molar-refractivity contribution in [2.75, 3.05) is 31.1 Å². The molecule has 1 aliphatic heterocycles. The van der Waals surface area contributed by atoms with Crippen LogP contribution in [0.15, 0.2) is 45.9 Å². The molecular weight excluding hydrogens is 358 g/mol. The molecule has 1 saturated heterocycles. The molecule has 0 saturated carbocycles. The van der Waals surface area contributed by atoms with Gasteiger partial charge in [-0.25, -0.2) is 0 Å². The lowest BCUT2D eigenvalue weighted by molar-refractivity contribution is 0.230. The Balaban J connectivity index is 1.49. The molecule has 2 heterocycles. The lowest BCUT2D eigenvalue weighted by Crippen LogP contribution is -2.45. The predicted molar refractivity (Wildman–Crippen MR) is 105 cm³/mol. The van der Waals surface area contributed by atoms with Gasteiger partial charge in [0.2, 0.25) is 0 Å². The molecule has 3 N–H and O–H groups in total. The fourth-order valence-electron chi connectivity index (χ4n) is 2.74. The summed E-state index contributed by atoms with van der Waals surface area (Å²) in [4.78, 5) is 4.74. The van der Waals surface area contributed by atoms with E-state index in [9.17, 15) is 0 Å². The van der Waals surface area contributed by atoms with Crippen molar-refractivity contribution >= 4 is 40.8 Å². The van der Waals surface area contributed by atoms with Crippen LogP contribution < -0.4 is 16.1 Å². The summed E-state index contributed by atoms with van der Waals surface area (Å²) >= 11 is 10.6. The van der Waals surface area contributed by atoms with Gasteiger partial charge in [-0.3, -0.25) is 10.3 Å². The van der Waals surface area contributed by atoms with E-state index in [1.165, 1.54) is 5.69 Å². The Kier molecular flexibility index (Phi) is 5.91. The monoisotopic (exact) mass is 377 g/mol. The molecule has 0 bridgehead atoms. The molecule has 2 aromatic rings. The number of halogens is 1. The highest BCUT2D eigenvalue weighted by Gasteiger charge is 2.18. The lowest BCUT2D eigenvalue weighted by Gasteiger charge is -2.35. The van der Waals surface area contributed by atoms with Crippen LogP contribution in [-0.4, -0.2) is 42.4 Å². The number of piperazine rings is 1. The van der Waals surface area contributed by atoms with Gasteiger partial charge in [-0.15, -0.1) is 0 Å². The first-order valence-corrected chi connectivity index (χ1v) is 8.79. The Bertz CT molecular complexity index is 738. The molecule has 0 unspecified atom stereocenters. The smallest absolute Gasteiger partial charge is 0.184 e. The Morgan fingerprint density at radius 3 is 2.60 bits per heavy atom. The summed E-state index contributed by atoms with van der Waals surface area (Å²) in [5.41, 5.74) is 9.02. The second-order valence-corrected chi connectivity index (χ2v) is 6.65. The molecule has 6 nitrogen and oxygen atoms in total. The van der Waals surface area contributed by atoms with E-state index in [0.29, 0.717) is 5.76 Å². The van der Waals surface area contributed by atoms with Gasteiger partial charge in [0.15, 0.2) is 5.11 Å². The number of nitrogens with one attached hydrogen (secondary N) is 1. The zero-order chi connectivity index (χ0) is 17.6. The number of nitrogens with zero attached hydrogens (tertiary/aromatic N) is 3. The SMILES string of the molecule is NC(=S)NN=Cc1ccc(CN2CCN(c3ccc(Cl)cc3)CC2)o1. The van der Waals surface area contributed by atoms with Crippen molar-refractivity contribution in [3.05, 3.63) is 52.9 Å². The number of thiocarbonyl (C=S) groups is 1. The van der Waals surface area contributed by atoms with Crippen molar-refractivity contribution < 1.29 is 4.42 Å². The number of rotatable bonds is 5. The van der Waals surface area contributed by atoms with Crippen LogP contribution in [0.25, 0.3) is 0 Å². The number of nitrogens with two attached hydrogens (primary N) is 1. The highest BCUT2D eigenvalue weighted by atomic mass is 35.5. The number of furan rings is 1. The van der Waals surface area contributed by atoms with Gasteiger partial charge in [0.1, 0.15) is 11.5 Å². The highest BCUT2D eigenvalue weighted by molar-refractivity contribution is 7.80. The van der Waals surface area contributed by atoms with E-state index in [4.69, 9.17) is 21.8 Å². The summed E-state index contributed by atoms with van der Waals surface area (Å²) in [6, 6.07) is 11.8. The van der Waals surface area contributed by atoms with Gasteiger partial charge >= 0.3 is 0 Å². The van der Waals surface area contributed by atoms with E-state index in [1.54, 1.807) is 6.21 Å². The predicted octanol–water partition coefficient (Wildman–Crippen LogP) is 2.42. The largest absolute Gasteiger partial charge is 0.459 e. The topological polar surface area (TPSA) is 70.0 Å². The molecule has 0 atom stereocenters. The van der Waals surface area contributed by atoms with Crippen molar-refractivity contribution in [1.29, 1.82) is 0 Å². The molecule has 0 amide bonds. The van der Waals surface area contributed by atoms with Crippen LogP contribution in [0, 0.1) is 0 Å². The van der Waals surface area contributed by atoms with Crippen molar-refractivity contribution in [3.63, 3.8) is 0 Å². The van der Waals surface area contributed by atoms with Crippen LogP contribution in [0.2, 0.25) is 5.02 Å². The summed E-state index contributed by atoms with van der Waals surface area (Å²) in [7, 11) is 0. The maximum Gasteiger partial charge on any atom is 0.184 e. The average Bonchev–Trinajstić information content (AvgIpc) is 3.03. The van der Waals surface area contributed by atoms with Crippen LogP contribution >= 0.6 is 23.8 Å². The summed E-state index contributed by atoms with van der Waals surface area (Å²) in [5, 5.41) is 4.78. The first-order valence-electron chi connectivity index (χ1n) is 8.00. The van der Waals surface area contributed by atoms with Gasteiger partial charge in [0, 0.05) is 36.9 Å². The Hall–Kier alpha value is -2.09. The molecule has 132 valence electrons. The van der Waals surface area contributed by atoms with Gasteiger partial charge in [-0.2, -0.15) is 5.10 Å². The molecular formula is C17H20ClN5OS. The third kappa shape index (κ3) is 5.19. The van der Waals surface area contributed by atoms with Gasteiger partial charge in [0.05, 0.1) is 12.8 Å². The van der Waals surface area contributed by atoms with Crippen molar-refractivity contribution in [1.82, 2.24) is 10.3 Å². The maximum atomic E-state index is 5.95. The average molecular weight is 378 g/mol. The van der Waals surface area contributed by atoms with Crippen LogP contribution in [0.1, 0.15) is 11.5 Å². The van der Waals surface area contributed by atoms with Gasteiger partial charge in [-0.05, 0) is 48.6 Å². The second-order valence-electron chi connectivity index (χ2n) is 5.78. The maximum absolute atomic E-state index is 5.95. The van der Waals surface area contributed by atoms with Crippen LogP contribution in [-0.2, 0) is 6.54 Å². The molecule has 1 aromatic carbocycles. The minimum atomic E-state index is 0.126. The zero-order valence-corrected chi connectivity index (χ0v) is 15.3. The van der Waals surface area contributed by atoms with Crippen LogP contribution in [0.3, 0.4) is 0 Å². The Morgan fingerprint density at radius 2 is 1.92 bits per heavy atom. The first kappa shape index (κ1) is 17.7. The third-order valence-corrected chi connectivity index (χ3v) is 4.34. The molecule has 0 radical (unpaired) electrons. The molecule has 3 rings (SSSR count). The van der Waals surface area contributed by atoms with Gasteiger partial charge < -0.3 is 15.1 Å². The second kappa shape index (κ2) is 8.33. The van der Waals surface area contributed by atoms with Gasteiger partial charge in [-0.1, -0.05) is 11.6 Å². The van der Waals surface area contributed by atoms with Gasteiger partial charge in [0.25, 0.3) is 0 Å². The first-order chi connectivity index (χ1) is 12.1. The minimum absolute atomic E-state index is 0.126. The third-order valence-electron chi connectivity index (χ3n) is 3.99. The van der Waals surface area contributed by atoms with Crippen molar-refractivity contribution in [2.24, 2.45) is 10.8 Å². The molecule has 0 spiro atoms. The molecule has 1 aliphatic rings. The molecule has 0 aliphatic carbocycles. The quantitative estimate of drug-likeness (QED) is 0.474. The summed E-state index contributed by atoms with van der Waals surface area (Å²) in [6.45, 7) is 4.71. The molecule has 1 aromatic heterocycles. The normalized spacial score (nSPS) is 15.6. The van der Waals surface area contributed by atoms with E-state index in [0.717, 1.165) is 43.5 Å². The van der Waals surface area contributed by atoms with E-state index in [-0.39, 0.29) is 5.11 Å². The molecule has 1 fully saturated rings. The van der Waals surface area contributed by atoms with E-state index in [2.05, 4.69) is 44.7 Å². The Morgan fingerprint density at radius 1 is 1.20 bits per heavy atom. The highest BCUT2D eigenvalue weighted by Crippen LogP contribution is 2.20.